The van der Waals surface area contributed by atoms with Crippen molar-refractivity contribution in [2.75, 3.05) is 20.2 Å². The van der Waals surface area contributed by atoms with E-state index in [2.05, 4.69) is 20.4 Å². The van der Waals surface area contributed by atoms with Crippen LogP contribution in [-0.4, -0.2) is 38.9 Å². The van der Waals surface area contributed by atoms with Crippen molar-refractivity contribution in [3.8, 4) is 11.5 Å². The molecule has 0 spiro atoms. The van der Waals surface area contributed by atoms with Gasteiger partial charge in [-0.1, -0.05) is 0 Å². The molecular formula is C17H25F5IN3O2. The van der Waals surface area contributed by atoms with E-state index in [1.54, 1.807) is 0 Å². The molecule has 28 heavy (non-hydrogen) atoms. The molecule has 0 saturated carbocycles. The van der Waals surface area contributed by atoms with Crippen LogP contribution >= 0.6 is 24.0 Å². The summed E-state index contributed by atoms with van der Waals surface area (Å²) in [6, 6.07) is 4.40. The van der Waals surface area contributed by atoms with Gasteiger partial charge in [0.1, 0.15) is 11.5 Å². The highest BCUT2D eigenvalue weighted by molar-refractivity contribution is 14.0. The first kappa shape index (κ1) is 26.5. The van der Waals surface area contributed by atoms with Crippen molar-refractivity contribution in [3.63, 3.8) is 0 Å². The normalized spacial score (nSPS) is 11.8. The summed E-state index contributed by atoms with van der Waals surface area (Å²) in [5.74, 6) is 0.817. The van der Waals surface area contributed by atoms with Gasteiger partial charge in [-0.3, -0.25) is 0 Å². The molecule has 0 saturated heterocycles. The van der Waals surface area contributed by atoms with Crippen LogP contribution in [-0.2, 0) is 6.54 Å². The van der Waals surface area contributed by atoms with Gasteiger partial charge in [-0.05, 0) is 38.0 Å². The smallest absolute Gasteiger partial charge is 0.389 e. The van der Waals surface area contributed by atoms with E-state index < -0.39 is 19.2 Å². The fourth-order valence-corrected chi connectivity index (χ4v) is 2.18. The van der Waals surface area contributed by atoms with E-state index in [0.29, 0.717) is 36.8 Å². The predicted molar refractivity (Wildman–Crippen MR) is 108 cm³/mol. The monoisotopic (exact) mass is 525 g/mol. The Bertz CT molecular complexity index is 601. The Morgan fingerprint density at radius 2 is 1.89 bits per heavy atom. The largest absolute Gasteiger partial charge is 0.497 e. The number of ether oxygens (including phenoxy) is 2. The van der Waals surface area contributed by atoms with Crippen molar-refractivity contribution >= 4 is 29.9 Å². The molecule has 0 unspecified atom stereocenters. The molecule has 0 atom stereocenters. The SMILES string of the molecule is CCNC(=NCc1cc(OC)ccc1OC(F)F)NCCCCC(F)(F)F.I. The van der Waals surface area contributed by atoms with E-state index in [-0.39, 0.29) is 42.7 Å². The number of nitrogens with zero attached hydrogens (tertiary/aromatic N) is 1. The van der Waals surface area contributed by atoms with E-state index >= 15 is 0 Å². The second-order valence-electron chi connectivity index (χ2n) is 5.55. The number of benzene rings is 1. The molecule has 162 valence electrons. The number of nitrogens with one attached hydrogen (secondary N) is 2. The van der Waals surface area contributed by atoms with Crippen LogP contribution in [0.2, 0.25) is 0 Å². The molecule has 0 heterocycles. The molecule has 0 aromatic heterocycles. The van der Waals surface area contributed by atoms with Gasteiger partial charge in [0.25, 0.3) is 0 Å². The summed E-state index contributed by atoms with van der Waals surface area (Å²) in [6.45, 7) is -0.275. The molecule has 0 bridgehead atoms. The van der Waals surface area contributed by atoms with E-state index in [1.165, 1.54) is 25.3 Å². The van der Waals surface area contributed by atoms with E-state index in [0.717, 1.165) is 0 Å². The lowest BCUT2D eigenvalue weighted by Gasteiger charge is -2.14. The summed E-state index contributed by atoms with van der Waals surface area (Å²) in [5, 5.41) is 5.86. The topological polar surface area (TPSA) is 54.9 Å². The van der Waals surface area contributed by atoms with Crippen LogP contribution in [0, 0.1) is 0 Å². The van der Waals surface area contributed by atoms with Crippen LogP contribution in [0.3, 0.4) is 0 Å². The van der Waals surface area contributed by atoms with Crippen LogP contribution in [0.4, 0.5) is 22.0 Å². The number of methoxy groups -OCH3 is 1. The Kier molecular flexibility index (Phi) is 12.9. The van der Waals surface area contributed by atoms with Crippen molar-refractivity contribution < 1.29 is 31.4 Å². The van der Waals surface area contributed by atoms with Crippen LogP contribution in [0.25, 0.3) is 0 Å². The van der Waals surface area contributed by atoms with Crippen LogP contribution < -0.4 is 20.1 Å². The molecule has 11 heteroatoms. The maximum Gasteiger partial charge on any atom is 0.389 e. The van der Waals surface area contributed by atoms with Crippen molar-refractivity contribution in [1.82, 2.24) is 10.6 Å². The molecule has 1 rings (SSSR count). The minimum absolute atomic E-state index is 0. The first-order chi connectivity index (χ1) is 12.7. The quantitative estimate of drug-likeness (QED) is 0.153. The third-order valence-electron chi connectivity index (χ3n) is 3.41. The van der Waals surface area contributed by atoms with Gasteiger partial charge < -0.3 is 20.1 Å². The van der Waals surface area contributed by atoms with E-state index in [4.69, 9.17) is 4.74 Å². The van der Waals surface area contributed by atoms with Gasteiger partial charge in [-0.15, -0.1) is 24.0 Å². The summed E-state index contributed by atoms with van der Waals surface area (Å²) in [6.07, 6.45) is -4.66. The van der Waals surface area contributed by atoms with Gasteiger partial charge in [0.05, 0.1) is 13.7 Å². The van der Waals surface area contributed by atoms with Crippen LogP contribution in [0.15, 0.2) is 23.2 Å². The number of hydrogen-bond acceptors (Lipinski definition) is 3. The van der Waals surface area contributed by atoms with Crippen molar-refractivity contribution in [2.24, 2.45) is 4.99 Å². The molecule has 5 nitrogen and oxygen atoms in total. The zero-order valence-electron chi connectivity index (χ0n) is 15.6. The molecule has 0 amide bonds. The molecular weight excluding hydrogens is 500 g/mol. The number of guanidine groups is 1. The molecule has 0 radical (unpaired) electrons. The average Bonchev–Trinajstić information content (AvgIpc) is 2.58. The van der Waals surface area contributed by atoms with Crippen LogP contribution in [0.5, 0.6) is 11.5 Å². The highest BCUT2D eigenvalue weighted by Gasteiger charge is 2.25. The van der Waals surface area contributed by atoms with Gasteiger partial charge in [0.15, 0.2) is 5.96 Å². The maximum absolute atomic E-state index is 12.5. The molecule has 2 N–H and O–H groups in total. The minimum Gasteiger partial charge on any atom is -0.497 e. The molecule has 0 aliphatic rings. The summed E-state index contributed by atoms with van der Waals surface area (Å²) < 4.78 is 71.0. The number of aliphatic imine (C=N–C) groups is 1. The maximum atomic E-state index is 12.5. The second-order valence-corrected chi connectivity index (χ2v) is 5.55. The summed E-state index contributed by atoms with van der Waals surface area (Å²) in [5.41, 5.74) is 0.393. The molecule has 0 aliphatic carbocycles. The Morgan fingerprint density at radius 3 is 2.46 bits per heavy atom. The van der Waals surface area contributed by atoms with E-state index in [9.17, 15) is 22.0 Å². The fourth-order valence-electron chi connectivity index (χ4n) is 2.18. The molecule has 1 aromatic rings. The number of rotatable bonds is 10. The molecule has 0 aliphatic heterocycles. The van der Waals surface area contributed by atoms with Gasteiger partial charge in [-0.25, -0.2) is 4.99 Å². The summed E-state index contributed by atoms with van der Waals surface area (Å²) >= 11 is 0. The summed E-state index contributed by atoms with van der Waals surface area (Å²) in [7, 11) is 1.45. The van der Waals surface area contributed by atoms with E-state index in [1.807, 2.05) is 6.92 Å². The van der Waals surface area contributed by atoms with Crippen molar-refractivity contribution in [1.29, 1.82) is 0 Å². The third kappa shape index (κ3) is 11.3. The van der Waals surface area contributed by atoms with Gasteiger partial charge >= 0.3 is 12.8 Å². The number of alkyl halides is 5. The first-order valence-corrected chi connectivity index (χ1v) is 8.45. The molecule has 1 aromatic carbocycles. The zero-order chi connectivity index (χ0) is 20.3. The lowest BCUT2D eigenvalue weighted by atomic mass is 10.2. The van der Waals surface area contributed by atoms with Gasteiger partial charge in [0.2, 0.25) is 0 Å². The first-order valence-electron chi connectivity index (χ1n) is 8.45. The Morgan fingerprint density at radius 1 is 1.18 bits per heavy atom. The van der Waals surface area contributed by atoms with Crippen molar-refractivity contribution in [2.45, 2.75) is 45.5 Å². The predicted octanol–water partition coefficient (Wildman–Crippen LogP) is 4.70. The lowest BCUT2D eigenvalue weighted by Crippen LogP contribution is -2.37. The zero-order valence-corrected chi connectivity index (χ0v) is 17.9. The Labute approximate surface area is 178 Å². The average molecular weight is 525 g/mol. The van der Waals surface area contributed by atoms with Gasteiger partial charge in [0, 0.05) is 25.1 Å². The summed E-state index contributed by atoms with van der Waals surface area (Å²) in [4.78, 5) is 4.27. The number of halogens is 6. The standard InChI is InChI=1S/C17H24F5N3O2.HI/c1-3-23-16(24-9-5-4-8-17(20,21)22)25-11-12-10-13(26-2)6-7-14(12)27-15(18)19;/h6-7,10,15H,3-5,8-9,11H2,1-2H3,(H2,23,24,25);1H. The number of hydrogen-bond donors (Lipinski definition) is 2. The Hall–Kier alpha value is -1.53. The molecule has 0 fully saturated rings. The Balaban J connectivity index is 0.00000729. The third-order valence-corrected chi connectivity index (χ3v) is 3.41. The van der Waals surface area contributed by atoms with Gasteiger partial charge in [-0.2, -0.15) is 22.0 Å². The highest BCUT2D eigenvalue weighted by Crippen LogP contribution is 2.26. The minimum atomic E-state index is -4.16. The van der Waals surface area contributed by atoms with Crippen molar-refractivity contribution in [3.05, 3.63) is 23.8 Å². The lowest BCUT2D eigenvalue weighted by molar-refractivity contribution is -0.135. The number of unbranched alkanes of at least 4 members (excludes halogenated alkanes) is 1. The second kappa shape index (κ2) is 13.6. The fraction of sp³-hybridized carbons (Fsp3) is 0.588. The highest BCUT2D eigenvalue weighted by atomic mass is 127. The van der Waals surface area contributed by atoms with Crippen LogP contribution in [0.1, 0.15) is 31.7 Å².